The Kier molecular flexibility index (Phi) is 5.55. The molecule has 0 aliphatic carbocycles. The topological polar surface area (TPSA) is 92.9 Å². The van der Waals surface area contributed by atoms with Gasteiger partial charge in [0.25, 0.3) is 0 Å². The van der Waals surface area contributed by atoms with Gasteiger partial charge in [-0.15, -0.1) is 0 Å². The summed E-state index contributed by atoms with van der Waals surface area (Å²) < 4.78 is 5.33. The Morgan fingerprint density at radius 2 is 2.17 bits per heavy atom. The fourth-order valence-electron chi connectivity index (χ4n) is 2.26. The van der Waals surface area contributed by atoms with Crippen LogP contribution in [0.2, 0.25) is 0 Å². The quantitative estimate of drug-likeness (QED) is 0.695. The highest BCUT2D eigenvalue weighted by Gasteiger charge is 2.37. The molecule has 6 nitrogen and oxygen atoms in total. The van der Waals surface area contributed by atoms with Crippen LogP contribution in [0, 0.1) is 11.8 Å². The minimum atomic E-state index is -0.835. The second-order valence-electron chi connectivity index (χ2n) is 4.74. The average molecular weight is 258 g/mol. The van der Waals surface area contributed by atoms with Crippen molar-refractivity contribution in [2.75, 3.05) is 26.2 Å². The second-order valence-corrected chi connectivity index (χ2v) is 4.74. The van der Waals surface area contributed by atoms with E-state index in [-0.39, 0.29) is 24.3 Å². The summed E-state index contributed by atoms with van der Waals surface area (Å²) in [5.74, 6) is -1.38. The number of hydrogen-bond donors (Lipinski definition) is 2. The van der Waals surface area contributed by atoms with E-state index in [9.17, 15) is 9.59 Å². The SMILES string of the molecule is CCOC(CN)CC(=O)N1CC(C)C(C(=O)O)C1. The number of hydrogen-bond acceptors (Lipinski definition) is 4. The molecule has 0 saturated carbocycles. The predicted molar refractivity (Wildman–Crippen MR) is 66.0 cm³/mol. The van der Waals surface area contributed by atoms with Crippen molar-refractivity contribution in [3.8, 4) is 0 Å². The van der Waals surface area contributed by atoms with Crippen molar-refractivity contribution in [2.24, 2.45) is 17.6 Å². The lowest BCUT2D eigenvalue weighted by atomic mass is 9.99. The molecule has 0 bridgehead atoms. The molecular formula is C12H22N2O4. The van der Waals surface area contributed by atoms with Crippen molar-refractivity contribution in [3.63, 3.8) is 0 Å². The first-order valence-electron chi connectivity index (χ1n) is 6.31. The van der Waals surface area contributed by atoms with E-state index in [1.807, 2.05) is 13.8 Å². The maximum atomic E-state index is 12.0. The molecule has 1 fully saturated rings. The van der Waals surface area contributed by atoms with Gasteiger partial charge in [-0.3, -0.25) is 9.59 Å². The molecule has 1 aliphatic heterocycles. The Hall–Kier alpha value is -1.14. The Labute approximate surface area is 107 Å². The predicted octanol–water partition coefficient (Wildman–Crippen LogP) is -0.0806. The molecule has 0 aromatic rings. The monoisotopic (exact) mass is 258 g/mol. The lowest BCUT2D eigenvalue weighted by Crippen LogP contribution is -2.35. The molecule has 0 aromatic heterocycles. The van der Waals surface area contributed by atoms with Gasteiger partial charge in [0, 0.05) is 26.2 Å². The number of likely N-dealkylation sites (tertiary alicyclic amines) is 1. The number of carbonyl (C=O) groups excluding carboxylic acids is 1. The molecule has 1 amide bonds. The second kappa shape index (κ2) is 6.70. The third-order valence-electron chi connectivity index (χ3n) is 3.35. The van der Waals surface area contributed by atoms with Crippen LogP contribution in [0.5, 0.6) is 0 Å². The lowest BCUT2D eigenvalue weighted by Gasteiger charge is -2.20. The fourth-order valence-corrected chi connectivity index (χ4v) is 2.26. The van der Waals surface area contributed by atoms with Crippen molar-refractivity contribution >= 4 is 11.9 Å². The summed E-state index contributed by atoms with van der Waals surface area (Å²) in [6.45, 7) is 5.31. The number of nitrogens with two attached hydrogens (primary N) is 1. The maximum Gasteiger partial charge on any atom is 0.308 e. The van der Waals surface area contributed by atoms with Gasteiger partial charge in [-0.05, 0) is 12.8 Å². The average Bonchev–Trinajstić information content (AvgIpc) is 2.70. The Bertz CT molecular complexity index is 308. The van der Waals surface area contributed by atoms with Crippen molar-refractivity contribution in [2.45, 2.75) is 26.4 Å². The Morgan fingerprint density at radius 1 is 1.50 bits per heavy atom. The van der Waals surface area contributed by atoms with Gasteiger partial charge >= 0.3 is 5.97 Å². The molecule has 18 heavy (non-hydrogen) atoms. The Balaban J connectivity index is 2.51. The van der Waals surface area contributed by atoms with Crippen LogP contribution in [0.1, 0.15) is 20.3 Å². The third kappa shape index (κ3) is 3.68. The van der Waals surface area contributed by atoms with Crippen molar-refractivity contribution in [1.29, 1.82) is 0 Å². The summed E-state index contributed by atoms with van der Waals surface area (Å²) in [4.78, 5) is 24.6. The number of nitrogens with zero attached hydrogens (tertiary/aromatic N) is 1. The van der Waals surface area contributed by atoms with E-state index in [0.717, 1.165) is 0 Å². The van der Waals surface area contributed by atoms with E-state index in [2.05, 4.69) is 0 Å². The molecule has 3 unspecified atom stereocenters. The zero-order valence-corrected chi connectivity index (χ0v) is 11.0. The van der Waals surface area contributed by atoms with Crippen molar-refractivity contribution < 1.29 is 19.4 Å². The molecule has 3 N–H and O–H groups in total. The fraction of sp³-hybridized carbons (Fsp3) is 0.833. The number of rotatable bonds is 6. The summed E-state index contributed by atoms with van der Waals surface area (Å²) in [6, 6.07) is 0. The highest BCUT2D eigenvalue weighted by molar-refractivity contribution is 5.79. The van der Waals surface area contributed by atoms with E-state index >= 15 is 0 Å². The molecule has 1 heterocycles. The van der Waals surface area contributed by atoms with Crippen LogP contribution in [0.25, 0.3) is 0 Å². The number of aliphatic carboxylic acids is 1. The molecule has 104 valence electrons. The molecule has 1 aliphatic rings. The minimum Gasteiger partial charge on any atom is -0.481 e. The van der Waals surface area contributed by atoms with Gasteiger partial charge in [-0.1, -0.05) is 6.92 Å². The number of carbonyl (C=O) groups is 2. The van der Waals surface area contributed by atoms with Crippen LogP contribution < -0.4 is 5.73 Å². The van der Waals surface area contributed by atoms with Crippen LogP contribution in [0.4, 0.5) is 0 Å². The van der Waals surface area contributed by atoms with Crippen molar-refractivity contribution in [1.82, 2.24) is 4.90 Å². The molecular weight excluding hydrogens is 236 g/mol. The summed E-state index contributed by atoms with van der Waals surface area (Å²) in [5, 5.41) is 9.01. The van der Waals surface area contributed by atoms with E-state index in [1.54, 1.807) is 4.90 Å². The maximum absolute atomic E-state index is 12.0. The first-order valence-corrected chi connectivity index (χ1v) is 6.31. The zero-order chi connectivity index (χ0) is 13.7. The van der Waals surface area contributed by atoms with Gasteiger partial charge in [0.2, 0.25) is 5.91 Å². The first kappa shape index (κ1) is 14.9. The largest absolute Gasteiger partial charge is 0.481 e. The number of carboxylic acids is 1. The van der Waals surface area contributed by atoms with Gasteiger partial charge in [0.15, 0.2) is 0 Å². The molecule has 0 spiro atoms. The van der Waals surface area contributed by atoms with Crippen molar-refractivity contribution in [3.05, 3.63) is 0 Å². The van der Waals surface area contributed by atoms with Gasteiger partial charge < -0.3 is 20.5 Å². The van der Waals surface area contributed by atoms with E-state index < -0.39 is 11.9 Å². The highest BCUT2D eigenvalue weighted by Crippen LogP contribution is 2.24. The number of ether oxygens (including phenoxy) is 1. The third-order valence-corrected chi connectivity index (χ3v) is 3.35. The molecule has 0 radical (unpaired) electrons. The minimum absolute atomic E-state index is 0.00475. The van der Waals surface area contributed by atoms with Crippen LogP contribution in [0.3, 0.4) is 0 Å². The normalized spacial score (nSPS) is 25.2. The van der Waals surface area contributed by atoms with Gasteiger partial charge in [-0.25, -0.2) is 0 Å². The molecule has 0 aromatic carbocycles. The molecule has 1 rings (SSSR count). The van der Waals surface area contributed by atoms with E-state index in [4.69, 9.17) is 15.6 Å². The number of carboxylic acid groups (broad SMARTS) is 1. The van der Waals surface area contributed by atoms with E-state index in [1.165, 1.54) is 0 Å². The van der Waals surface area contributed by atoms with Crippen LogP contribution in [0.15, 0.2) is 0 Å². The van der Waals surface area contributed by atoms with Gasteiger partial charge in [0.05, 0.1) is 18.4 Å². The van der Waals surface area contributed by atoms with E-state index in [0.29, 0.717) is 26.2 Å². The van der Waals surface area contributed by atoms with Gasteiger partial charge in [-0.2, -0.15) is 0 Å². The zero-order valence-electron chi connectivity index (χ0n) is 11.0. The molecule has 3 atom stereocenters. The summed E-state index contributed by atoms with van der Waals surface area (Å²) in [7, 11) is 0. The summed E-state index contributed by atoms with van der Waals surface area (Å²) >= 11 is 0. The summed E-state index contributed by atoms with van der Waals surface area (Å²) in [5.41, 5.74) is 5.52. The Morgan fingerprint density at radius 3 is 2.61 bits per heavy atom. The summed E-state index contributed by atoms with van der Waals surface area (Å²) in [6.07, 6.45) is -0.0506. The molecule has 1 saturated heterocycles. The van der Waals surface area contributed by atoms with Gasteiger partial charge in [0.1, 0.15) is 0 Å². The first-order chi connectivity index (χ1) is 8.49. The smallest absolute Gasteiger partial charge is 0.308 e. The standard InChI is InChI=1S/C12H22N2O4/c1-3-18-9(5-13)4-11(15)14-6-8(2)10(7-14)12(16)17/h8-10H,3-7,13H2,1-2H3,(H,16,17). The van der Waals surface area contributed by atoms with Crippen LogP contribution in [-0.4, -0.2) is 54.2 Å². The highest BCUT2D eigenvalue weighted by atomic mass is 16.5. The van der Waals surface area contributed by atoms with Crippen LogP contribution in [-0.2, 0) is 14.3 Å². The number of amides is 1. The molecule has 6 heteroatoms. The lowest BCUT2D eigenvalue weighted by molar-refractivity contribution is -0.142. The van der Waals surface area contributed by atoms with Crippen LogP contribution >= 0.6 is 0 Å².